The number of fused-ring (bicyclic) bond motifs is 1. The summed E-state index contributed by atoms with van der Waals surface area (Å²) in [5.41, 5.74) is 5.14. The van der Waals surface area contributed by atoms with Gasteiger partial charge in [-0.05, 0) is 59.9 Å². The third-order valence-corrected chi connectivity index (χ3v) is 4.76. The zero-order valence-electron chi connectivity index (χ0n) is 14.2. The van der Waals surface area contributed by atoms with Gasteiger partial charge < -0.3 is 15.6 Å². The molecule has 3 N–H and O–H groups in total. The van der Waals surface area contributed by atoms with Crippen LogP contribution in [0.15, 0.2) is 46.2 Å². The monoisotopic (exact) mass is 340 g/mol. The van der Waals surface area contributed by atoms with Crippen molar-refractivity contribution in [3.63, 3.8) is 0 Å². The Kier molecular flexibility index (Phi) is 5.54. The molecule has 1 aromatic carbocycles. The molecular weight excluding hydrogens is 316 g/mol. The molecule has 0 atom stereocenters. The maximum atomic E-state index is 4.65. The van der Waals surface area contributed by atoms with Crippen molar-refractivity contribution in [1.82, 2.24) is 15.6 Å². The van der Waals surface area contributed by atoms with E-state index in [1.54, 1.807) is 11.3 Å². The standard InChI is InChI=1S/C19H24N4S/c1-3-20-19(23-11-15-8-10-24-13-15)21-9-7-16-12-22-17-6-4-5-14(2)18(16)17/h4-6,8,10,12-13,22H,3,7,9,11H2,1-2H3,(H2,20,21,23). The highest BCUT2D eigenvalue weighted by Crippen LogP contribution is 2.22. The average Bonchev–Trinajstić information content (AvgIpc) is 3.23. The van der Waals surface area contributed by atoms with Crippen LogP contribution in [0.4, 0.5) is 0 Å². The summed E-state index contributed by atoms with van der Waals surface area (Å²) in [4.78, 5) is 8.01. The fourth-order valence-electron chi connectivity index (χ4n) is 2.86. The zero-order chi connectivity index (χ0) is 16.8. The number of rotatable bonds is 6. The van der Waals surface area contributed by atoms with Crippen LogP contribution in [-0.4, -0.2) is 24.0 Å². The van der Waals surface area contributed by atoms with Crippen molar-refractivity contribution in [2.24, 2.45) is 4.99 Å². The van der Waals surface area contributed by atoms with E-state index in [1.807, 2.05) is 0 Å². The first-order chi connectivity index (χ1) is 11.8. The minimum atomic E-state index is 0.713. The van der Waals surface area contributed by atoms with Crippen LogP contribution in [0.2, 0.25) is 0 Å². The van der Waals surface area contributed by atoms with E-state index >= 15 is 0 Å². The lowest BCUT2D eigenvalue weighted by Crippen LogP contribution is -2.38. The number of hydrogen-bond acceptors (Lipinski definition) is 2. The number of H-pyrrole nitrogens is 1. The molecule has 126 valence electrons. The average molecular weight is 340 g/mol. The van der Waals surface area contributed by atoms with Gasteiger partial charge in [0.25, 0.3) is 0 Å². The molecule has 24 heavy (non-hydrogen) atoms. The molecule has 0 bridgehead atoms. The van der Waals surface area contributed by atoms with E-state index < -0.39 is 0 Å². The van der Waals surface area contributed by atoms with Crippen LogP contribution in [0.1, 0.15) is 23.6 Å². The van der Waals surface area contributed by atoms with Crippen molar-refractivity contribution in [3.8, 4) is 0 Å². The van der Waals surface area contributed by atoms with Crippen LogP contribution in [0.5, 0.6) is 0 Å². The highest BCUT2D eigenvalue weighted by molar-refractivity contribution is 7.07. The Labute approximate surface area is 147 Å². The summed E-state index contributed by atoms with van der Waals surface area (Å²) >= 11 is 1.71. The fraction of sp³-hybridized carbons (Fsp3) is 0.316. The minimum Gasteiger partial charge on any atom is -0.361 e. The molecule has 0 saturated heterocycles. The molecule has 0 aliphatic heterocycles. The third kappa shape index (κ3) is 3.97. The van der Waals surface area contributed by atoms with Crippen molar-refractivity contribution in [2.45, 2.75) is 26.8 Å². The van der Waals surface area contributed by atoms with E-state index in [-0.39, 0.29) is 0 Å². The second kappa shape index (κ2) is 8.02. The lowest BCUT2D eigenvalue weighted by Gasteiger charge is -2.11. The summed E-state index contributed by atoms with van der Waals surface area (Å²) < 4.78 is 0. The third-order valence-electron chi connectivity index (χ3n) is 4.03. The Morgan fingerprint density at radius 3 is 2.96 bits per heavy atom. The van der Waals surface area contributed by atoms with Crippen molar-refractivity contribution < 1.29 is 0 Å². The molecule has 0 aliphatic carbocycles. The molecule has 0 saturated carbocycles. The normalized spacial score (nSPS) is 11.8. The molecule has 3 aromatic rings. The molecule has 4 nitrogen and oxygen atoms in total. The smallest absolute Gasteiger partial charge is 0.191 e. The summed E-state index contributed by atoms with van der Waals surface area (Å²) in [7, 11) is 0. The Hall–Kier alpha value is -2.27. The summed E-state index contributed by atoms with van der Waals surface area (Å²) in [5.74, 6) is 0.875. The quantitative estimate of drug-likeness (QED) is 0.472. The van der Waals surface area contributed by atoms with E-state index in [1.165, 1.54) is 27.6 Å². The molecule has 0 fully saturated rings. The number of aromatic nitrogens is 1. The summed E-state index contributed by atoms with van der Waals surface area (Å²) in [5, 5.41) is 12.3. The molecule has 2 heterocycles. The molecule has 0 aliphatic rings. The van der Waals surface area contributed by atoms with Crippen LogP contribution >= 0.6 is 11.3 Å². The van der Waals surface area contributed by atoms with Gasteiger partial charge in [0.1, 0.15) is 0 Å². The zero-order valence-corrected chi connectivity index (χ0v) is 15.0. The van der Waals surface area contributed by atoms with Gasteiger partial charge in [-0.3, -0.25) is 0 Å². The largest absolute Gasteiger partial charge is 0.361 e. The van der Waals surface area contributed by atoms with Gasteiger partial charge in [0.05, 0.1) is 6.54 Å². The first-order valence-electron chi connectivity index (χ1n) is 8.36. The molecule has 0 spiro atoms. The number of hydrogen-bond donors (Lipinski definition) is 3. The Morgan fingerprint density at radius 1 is 1.25 bits per heavy atom. The van der Waals surface area contributed by atoms with Gasteiger partial charge in [-0.2, -0.15) is 11.3 Å². The van der Waals surface area contributed by atoms with Crippen molar-refractivity contribution in [1.29, 1.82) is 0 Å². The number of thiophene rings is 1. The van der Waals surface area contributed by atoms with E-state index in [0.29, 0.717) is 6.54 Å². The van der Waals surface area contributed by atoms with Crippen LogP contribution in [-0.2, 0) is 13.0 Å². The number of aryl methyl sites for hydroxylation is 1. The van der Waals surface area contributed by atoms with Crippen molar-refractivity contribution in [2.75, 3.05) is 13.1 Å². The number of aliphatic imine (C=N–C) groups is 1. The summed E-state index contributed by atoms with van der Waals surface area (Å²) in [6, 6.07) is 8.51. The Bertz CT molecular complexity index is 802. The van der Waals surface area contributed by atoms with Gasteiger partial charge in [0.15, 0.2) is 5.96 Å². The Balaban J connectivity index is 1.61. The summed E-state index contributed by atoms with van der Waals surface area (Å²) in [6.07, 6.45) is 3.09. The molecule has 2 aromatic heterocycles. The number of aromatic amines is 1. The molecular formula is C19H24N4S. The lowest BCUT2D eigenvalue weighted by molar-refractivity contribution is 0.802. The van der Waals surface area contributed by atoms with Gasteiger partial charge in [0, 0.05) is 30.2 Å². The Morgan fingerprint density at radius 2 is 2.17 bits per heavy atom. The molecule has 3 rings (SSSR count). The maximum Gasteiger partial charge on any atom is 0.191 e. The van der Waals surface area contributed by atoms with Gasteiger partial charge in [0.2, 0.25) is 0 Å². The first kappa shape index (κ1) is 16.6. The van der Waals surface area contributed by atoms with Crippen LogP contribution < -0.4 is 10.6 Å². The number of nitrogens with one attached hydrogen (secondary N) is 3. The second-order valence-electron chi connectivity index (χ2n) is 5.81. The van der Waals surface area contributed by atoms with E-state index in [4.69, 9.17) is 0 Å². The maximum absolute atomic E-state index is 4.65. The van der Waals surface area contributed by atoms with E-state index in [0.717, 1.165) is 25.5 Å². The fourth-order valence-corrected chi connectivity index (χ4v) is 3.52. The van der Waals surface area contributed by atoms with Crippen LogP contribution in [0, 0.1) is 6.92 Å². The predicted molar refractivity (Wildman–Crippen MR) is 104 cm³/mol. The molecule has 0 unspecified atom stereocenters. The highest BCUT2D eigenvalue weighted by atomic mass is 32.1. The molecule has 0 radical (unpaired) electrons. The van der Waals surface area contributed by atoms with Crippen LogP contribution in [0.3, 0.4) is 0 Å². The van der Waals surface area contributed by atoms with Crippen molar-refractivity contribution >= 4 is 28.2 Å². The summed E-state index contributed by atoms with van der Waals surface area (Å²) in [6.45, 7) is 6.69. The SMILES string of the molecule is CCNC(=NCc1ccsc1)NCCc1c[nH]c2cccc(C)c12. The minimum absolute atomic E-state index is 0.713. The van der Waals surface area contributed by atoms with Crippen molar-refractivity contribution in [3.05, 3.63) is 57.9 Å². The number of guanidine groups is 1. The lowest BCUT2D eigenvalue weighted by atomic mass is 10.1. The second-order valence-corrected chi connectivity index (χ2v) is 6.59. The number of benzene rings is 1. The first-order valence-corrected chi connectivity index (χ1v) is 9.31. The highest BCUT2D eigenvalue weighted by Gasteiger charge is 2.06. The van der Waals surface area contributed by atoms with Gasteiger partial charge in [-0.15, -0.1) is 0 Å². The van der Waals surface area contributed by atoms with E-state index in [2.05, 4.69) is 75.7 Å². The van der Waals surface area contributed by atoms with Gasteiger partial charge in [-0.25, -0.2) is 4.99 Å². The van der Waals surface area contributed by atoms with E-state index in [9.17, 15) is 0 Å². The van der Waals surface area contributed by atoms with Gasteiger partial charge in [-0.1, -0.05) is 12.1 Å². The molecule has 5 heteroatoms. The van der Waals surface area contributed by atoms with Gasteiger partial charge >= 0.3 is 0 Å². The predicted octanol–water partition coefficient (Wildman–Crippen LogP) is 3.84. The molecule has 0 amide bonds. The number of nitrogens with zero attached hydrogens (tertiary/aromatic N) is 1. The topological polar surface area (TPSA) is 52.2 Å². The van der Waals surface area contributed by atoms with Crippen LogP contribution in [0.25, 0.3) is 10.9 Å².